The predicted octanol–water partition coefficient (Wildman–Crippen LogP) is 2.03. The zero-order chi connectivity index (χ0) is 13.1. The Morgan fingerprint density at radius 1 is 1.06 bits per heavy atom. The number of para-hydroxylation sites is 1. The Hall–Kier alpha value is -2.83. The lowest BCUT2D eigenvalue weighted by molar-refractivity contribution is 0.184. The second kappa shape index (κ2) is 4.58. The maximum absolute atomic E-state index is 10.9. The van der Waals surface area contributed by atoms with E-state index in [-0.39, 0.29) is 10.7 Å². The predicted molar refractivity (Wildman–Crippen MR) is 62.1 cm³/mol. The second-order valence-electron chi connectivity index (χ2n) is 3.34. The van der Waals surface area contributed by atoms with Crippen molar-refractivity contribution in [1.29, 1.82) is 0 Å². The van der Waals surface area contributed by atoms with Gasteiger partial charge in [-0.05, 0) is 12.1 Å². The summed E-state index contributed by atoms with van der Waals surface area (Å²) in [4.78, 5) is 22.1. The summed E-state index contributed by atoms with van der Waals surface area (Å²) < 4.78 is 1.24. The first-order chi connectivity index (χ1) is 8.61. The minimum atomic E-state index is -1.58. The zero-order valence-electron chi connectivity index (χ0n) is 9.09. The van der Waals surface area contributed by atoms with Gasteiger partial charge < -0.3 is 10.2 Å². The Balaban J connectivity index is 2.51. The van der Waals surface area contributed by atoms with Crippen molar-refractivity contribution >= 4 is 18.0 Å². The van der Waals surface area contributed by atoms with Crippen molar-refractivity contribution in [3.05, 3.63) is 42.6 Å². The number of hydrogen-bond donors (Lipinski definition) is 2. The van der Waals surface area contributed by atoms with Crippen LogP contribution in [0.3, 0.4) is 0 Å². The first-order valence-corrected chi connectivity index (χ1v) is 4.96. The van der Waals surface area contributed by atoms with Gasteiger partial charge in [0.05, 0.1) is 11.9 Å². The second-order valence-corrected chi connectivity index (χ2v) is 3.34. The monoisotopic (exact) mass is 247 g/mol. The van der Waals surface area contributed by atoms with E-state index in [0.717, 1.165) is 0 Å². The number of anilines is 1. The number of nitrogens with zero attached hydrogens (tertiary/aromatic N) is 3. The summed E-state index contributed by atoms with van der Waals surface area (Å²) in [7, 11) is 0. The Bertz CT molecular complexity index is 565. The van der Waals surface area contributed by atoms with E-state index in [0.29, 0.717) is 5.69 Å². The molecule has 2 N–H and O–H groups in total. The van der Waals surface area contributed by atoms with E-state index < -0.39 is 12.2 Å². The molecule has 1 aromatic heterocycles. The Labute approximate surface area is 101 Å². The molecule has 1 heterocycles. The fourth-order valence-corrected chi connectivity index (χ4v) is 1.51. The van der Waals surface area contributed by atoms with Crippen molar-refractivity contribution < 1.29 is 19.8 Å². The van der Waals surface area contributed by atoms with E-state index >= 15 is 0 Å². The minimum Gasteiger partial charge on any atom is -0.464 e. The molecule has 0 bridgehead atoms. The van der Waals surface area contributed by atoms with Crippen LogP contribution in [0.15, 0.2) is 42.6 Å². The molecule has 7 heteroatoms. The van der Waals surface area contributed by atoms with Gasteiger partial charge in [-0.15, -0.1) is 0 Å². The van der Waals surface area contributed by atoms with Gasteiger partial charge in [-0.3, -0.25) is 0 Å². The Kier molecular flexibility index (Phi) is 2.96. The van der Waals surface area contributed by atoms with Crippen LogP contribution in [0.5, 0.6) is 0 Å². The van der Waals surface area contributed by atoms with Crippen molar-refractivity contribution in [3.63, 3.8) is 0 Å². The molecule has 0 aliphatic rings. The quantitative estimate of drug-likeness (QED) is 0.846. The van der Waals surface area contributed by atoms with Crippen molar-refractivity contribution in [2.45, 2.75) is 0 Å². The molecule has 0 unspecified atom stereocenters. The first kappa shape index (κ1) is 11.6. The van der Waals surface area contributed by atoms with Gasteiger partial charge in [-0.1, -0.05) is 18.2 Å². The van der Waals surface area contributed by atoms with Crippen LogP contribution in [-0.4, -0.2) is 32.2 Å². The van der Waals surface area contributed by atoms with Crippen LogP contribution in [0.4, 0.5) is 15.4 Å². The van der Waals surface area contributed by atoms with Crippen LogP contribution >= 0.6 is 0 Å². The van der Waals surface area contributed by atoms with Crippen LogP contribution in [0.2, 0.25) is 0 Å². The number of amides is 2. The van der Waals surface area contributed by atoms with Gasteiger partial charge in [0.1, 0.15) is 0 Å². The molecule has 0 fully saturated rings. The number of rotatable bonds is 2. The maximum atomic E-state index is 10.9. The van der Waals surface area contributed by atoms with Gasteiger partial charge in [0.15, 0.2) is 5.82 Å². The van der Waals surface area contributed by atoms with Gasteiger partial charge in [-0.2, -0.15) is 10.00 Å². The molecule has 0 saturated carbocycles. The molecule has 92 valence electrons. The zero-order valence-corrected chi connectivity index (χ0v) is 9.09. The number of carboxylic acid groups (broad SMARTS) is 2. The smallest absolute Gasteiger partial charge is 0.422 e. The van der Waals surface area contributed by atoms with Gasteiger partial charge in [-0.25, -0.2) is 14.3 Å². The van der Waals surface area contributed by atoms with Gasteiger partial charge in [0.2, 0.25) is 0 Å². The van der Waals surface area contributed by atoms with E-state index in [1.54, 1.807) is 30.3 Å². The molecule has 0 aliphatic carbocycles. The van der Waals surface area contributed by atoms with Crippen molar-refractivity contribution in [2.75, 3.05) is 4.90 Å². The molecule has 18 heavy (non-hydrogen) atoms. The van der Waals surface area contributed by atoms with Gasteiger partial charge in [0, 0.05) is 6.07 Å². The summed E-state index contributed by atoms with van der Waals surface area (Å²) in [6, 6.07) is 9.98. The first-order valence-electron chi connectivity index (χ1n) is 4.96. The van der Waals surface area contributed by atoms with E-state index in [4.69, 9.17) is 10.2 Å². The maximum Gasteiger partial charge on any atom is 0.422 e. The number of aromatic nitrogens is 2. The summed E-state index contributed by atoms with van der Waals surface area (Å²) in [6.07, 6.45) is -1.83. The number of benzene rings is 1. The molecular weight excluding hydrogens is 238 g/mol. The number of hydrogen-bond acceptors (Lipinski definition) is 3. The van der Waals surface area contributed by atoms with Crippen molar-refractivity contribution in [3.8, 4) is 5.69 Å². The van der Waals surface area contributed by atoms with E-state index in [1.165, 1.54) is 16.9 Å². The fourth-order valence-electron chi connectivity index (χ4n) is 1.51. The standard InChI is InChI=1S/C11H9N3O4/c15-10(16)13(11(17)18)9-6-7-12-14(9)8-4-2-1-3-5-8/h1-7H,(H,15,16)(H,17,18). The van der Waals surface area contributed by atoms with Gasteiger partial charge in [0.25, 0.3) is 0 Å². The summed E-state index contributed by atoms with van der Waals surface area (Å²) in [5.41, 5.74) is 0.574. The minimum absolute atomic E-state index is 0.0544. The lowest BCUT2D eigenvalue weighted by Crippen LogP contribution is -2.35. The highest BCUT2D eigenvalue weighted by molar-refractivity contribution is 6.07. The van der Waals surface area contributed by atoms with E-state index in [2.05, 4.69) is 5.10 Å². The lowest BCUT2D eigenvalue weighted by Gasteiger charge is -2.14. The summed E-state index contributed by atoms with van der Waals surface area (Å²) in [5.74, 6) is -0.0544. The Morgan fingerprint density at radius 3 is 2.22 bits per heavy atom. The topological polar surface area (TPSA) is 95.7 Å². The molecular formula is C11H9N3O4. The Morgan fingerprint density at radius 2 is 1.67 bits per heavy atom. The van der Waals surface area contributed by atoms with Crippen molar-refractivity contribution in [1.82, 2.24) is 9.78 Å². The normalized spacial score (nSPS) is 10.0. The highest BCUT2D eigenvalue weighted by Crippen LogP contribution is 2.19. The molecule has 0 radical (unpaired) electrons. The molecule has 0 atom stereocenters. The largest absolute Gasteiger partial charge is 0.464 e. The number of imide groups is 1. The van der Waals surface area contributed by atoms with Crippen LogP contribution in [0.1, 0.15) is 0 Å². The molecule has 0 spiro atoms. The van der Waals surface area contributed by atoms with Crippen LogP contribution in [0, 0.1) is 0 Å². The molecule has 2 amide bonds. The summed E-state index contributed by atoms with van der Waals surface area (Å²) in [6.45, 7) is 0. The highest BCUT2D eigenvalue weighted by atomic mass is 16.4. The molecule has 7 nitrogen and oxygen atoms in total. The van der Waals surface area contributed by atoms with E-state index in [1.807, 2.05) is 0 Å². The number of carbonyl (C=O) groups is 2. The lowest BCUT2D eigenvalue weighted by atomic mass is 10.3. The van der Waals surface area contributed by atoms with Crippen LogP contribution in [0.25, 0.3) is 5.69 Å². The SMILES string of the molecule is O=C(O)N(C(=O)O)c1ccnn1-c1ccccc1. The van der Waals surface area contributed by atoms with Crippen LogP contribution < -0.4 is 4.90 Å². The van der Waals surface area contributed by atoms with Crippen molar-refractivity contribution in [2.24, 2.45) is 0 Å². The third-order valence-electron chi connectivity index (χ3n) is 2.24. The fraction of sp³-hybridized carbons (Fsp3) is 0. The molecule has 2 aromatic rings. The molecule has 1 aromatic carbocycles. The molecule has 2 rings (SSSR count). The van der Waals surface area contributed by atoms with Gasteiger partial charge >= 0.3 is 12.2 Å². The average molecular weight is 247 g/mol. The van der Waals surface area contributed by atoms with E-state index in [9.17, 15) is 9.59 Å². The summed E-state index contributed by atoms with van der Waals surface area (Å²) >= 11 is 0. The van der Waals surface area contributed by atoms with Crippen LogP contribution in [-0.2, 0) is 0 Å². The molecule has 0 saturated heterocycles. The average Bonchev–Trinajstić information content (AvgIpc) is 2.78. The third-order valence-corrected chi connectivity index (χ3v) is 2.24. The highest BCUT2D eigenvalue weighted by Gasteiger charge is 2.25. The third kappa shape index (κ3) is 2.01. The molecule has 0 aliphatic heterocycles. The summed E-state index contributed by atoms with van der Waals surface area (Å²) in [5, 5.41) is 21.7.